The van der Waals surface area contributed by atoms with Gasteiger partial charge in [0.2, 0.25) is 11.2 Å². The van der Waals surface area contributed by atoms with E-state index in [-0.39, 0.29) is 24.1 Å². The largest absolute Gasteiger partial charge is 0.482 e. The lowest BCUT2D eigenvalue weighted by molar-refractivity contribution is -0.184. The maximum absolute atomic E-state index is 12.7. The molecule has 2 atom stereocenters. The molecule has 0 bridgehead atoms. The second kappa shape index (κ2) is 10.1. The van der Waals surface area contributed by atoms with E-state index in [4.69, 9.17) is 18.6 Å². The molecule has 2 heterocycles. The minimum absolute atomic E-state index is 0.157. The van der Waals surface area contributed by atoms with E-state index >= 15 is 0 Å². The Morgan fingerprint density at radius 2 is 1.83 bits per heavy atom. The zero-order chi connectivity index (χ0) is 20.8. The van der Waals surface area contributed by atoms with E-state index < -0.39 is 6.10 Å². The van der Waals surface area contributed by atoms with E-state index in [0.29, 0.717) is 12.4 Å². The van der Waals surface area contributed by atoms with Crippen LogP contribution < -0.4 is 10.2 Å². The lowest BCUT2D eigenvalue weighted by Crippen LogP contribution is -2.26. The first-order valence-corrected chi connectivity index (χ1v) is 10.8. The third-order valence-electron chi connectivity index (χ3n) is 4.92. The number of hydrogen-bond donors (Lipinski definition) is 0. The van der Waals surface area contributed by atoms with Crippen LogP contribution in [0.5, 0.6) is 5.75 Å². The number of benzene rings is 2. The fraction of sp³-hybridized carbons (Fsp3) is 0.292. The van der Waals surface area contributed by atoms with Gasteiger partial charge in [0, 0.05) is 17.1 Å². The standard InChI is InChI=1S/C24H23BrO5/c25-19-11-9-18(10-12-19)22(30-21-8-4-5-14-27-21)24-23(20(26)13-15-28-24)29-16-17-6-2-1-3-7-17/h1-3,6-7,9-13,15,21-22H,4-5,8,14,16H2. The molecule has 2 unspecified atom stereocenters. The monoisotopic (exact) mass is 470 g/mol. The second-order valence-electron chi connectivity index (χ2n) is 7.12. The van der Waals surface area contributed by atoms with Crippen molar-refractivity contribution in [3.63, 3.8) is 0 Å². The quantitative estimate of drug-likeness (QED) is 0.448. The summed E-state index contributed by atoms with van der Waals surface area (Å²) in [7, 11) is 0. The Morgan fingerprint density at radius 1 is 1.03 bits per heavy atom. The van der Waals surface area contributed by atoms with Crippen molar-refractivity contribution in [2.75, 3.05) is 6.61 Å². The van der Waals surface area contributed by atoms with Crippen LogP contribution in [0.1, 0.15) is 42.3 Å². The third kappa shape index (κ3) is 5.19. The molecule has 1 aliphatic heterocycles. The number of rotatable bonds is 7. The topological polar surface area (TPSA) is 57.9 Å². The molecule has 0 N–H and O–H groups in total. The van der Waals surface area contributed by atoms with Gasteiger partial charge in [0.05, 0.1) is 6.26 Å². The van der Waals surface area contributed by atoms with E-state index in [2.05, 4.69) is 15.9 Å². The summed E-state index contributed by atoms with van der Waals surface area (Å²) in [6, 6.07) is 18.8. The Bertz CT molecular complexity index is 994. The maximum atomic E-state index is 12.7. The van der Waals surface area contributed by atoms with Crippen LogP contribution in [-0.4, -0.2) is 12.9 Å². The lowest BCUT2D eigenvalue weighted by atomic mass is 10.1. The van der Waals surface area contributed by atoms with Gasteiger partial charge in [-0.05, 0) is 42.5 Å². The predicted octanol–water partition coefficient (Wildman–Crippen LogP) is 5.61. The summed E-state index contributed by atoms with van der Waals surface area (Å²) in [5, 5.41) is 0. The van der Waals surface area contributed by atoms with Crippen molar-refractivity contribution in [2.45, 2.75) is 38.3 Å². The summed E-state index contributed by atoms with van der Waals surface area (Å²) in [5.74, 6) is 0.500. The number of ether oxygens (including phenoxy) is 3. The van der Waals surface area contributed by atoms with Crippen LogP contribution in [0.3, 0.4) is 0 Å². The molecule has 0 spiro atoms. The normalized spacial score (nSPS) is 17.4. The average Bonchev–Trinajstić information content (AvgIpc) is 2.79. The van der Waals surface area contributed by atoms with Gasteiger partial charge in [-0.15, -0.1) is 0 Å². The molecule has 3 aromatic rings. The molecular weight excluding hydrogens is 448 g/mol. The van der Waals surface area contributed by atoms with Crippen LogP contribution >= 0.6 is 15.9 Å². The maximum Gasteiger partial charge on any atom is 0.227 e. The van der Waals surface area contributed by atoms with Gasteiger partial charge in [-0.3, -0.25) is 4.79 Å². The van der Waals surface area contributed by atoms with Crippen LogP contribution in [0.25, 0.3) is 0 Å². The van der Waals surface area contributed by atoms with Gasteiger partial charge >= 0.3 is 0 Å². The minimum atomic E-state index is -0.624. The van der Waals surface area contributed by atoms with Crippen molar-refractivity contribution in [2.24, 2.45) is 0 Å². The molecule has 5 nitrogen and oxygen atoms in total. The summed E-state index contributed by atoms with van der Waals surface area (Å²) in [6.45, 7) is 0.920. The molecule has 1 aromatic heterocycles. The highest BCUT2D eigenvalue weighted by molar-refractivity contribution is 9.10. The molecule has 1 fully saturated rings. The highest BCUT2D eigenvalue weighted by Crippen LogP contribution is 2.34. The minimum Gasteiger partial charge on any atom is -0.482 e. The molecule has 156 valence electrons. The molecule has 6 heteroatoms. The molecule has 4 rings (SSSR count). The van der Waals surface area contributed by atoms with Crippen LogP contribution in [0.15, 0.2) is 80.6 Å². The molecular formula is C24H23BrO5. The first kappa shape index (κ1) is 20.8. The van der Waals surface area contributed by atoms with Crippen LogP contribution in [0.2, 0.25) is 0 Å². The van der Waals surface area contributed by atoms with Gasteiger partial charge in [-0.25, -0.2) is 0 Å². The number of halogens is 1. The molecule has 0 radical (unpaired) electrons. The average molecular weight is 471 g/mol. The van der Waals surface area contributed by atoms with Crippen molar-refractivity contribution in [1.82, 2.24) is 0 Å². The SMILES string of the molecule is O=c1ccoc(C(OC2CCCCO2)c2ccc(Br)cc2)c1OCc1ccccc1. The van der Waals surface area contributed by atoms with Crippen molar-refractivity contribution in [3.05, 3.63) is 98.5 Å². The summed E-state index contributed by atoms with van der Waals surface area (Å²) in [5.41, 5.74) is 1.57. The molecule has 1 saturated heterocycles. The Morgan fingerprint density at radius 3 is 2.57 bits per heavy atom. The van der Waals surface area contributed by atoms with E-state index in [1.54, 1.807) is 0 Å². The van der Waals surface area contributed by atoms with E-state index in [1.807, 2.05) is 54.6 Å². The Labute approximate surface area is 183 Å². The zero-order valence-corrected chi connectivity index (χ0v) is 18.0. The molecule has 1 aliphatic rings. The van der Waals surface area contributed by atoms with Gasteiger partial charge < -0.3 is 18.6 Å². The molecule has 2 aromatic carbocycles. The van der Waals surface area contributed by atoms with E-state index in [0.717, 1.165) is 34.9 Å². The first-order valence-electron chi connectivity index (χ1n) is 10.0. The van der Waals surface area contributed by atoms with Crippen LogP contribution in [-0.2, 0) is 16.1 Å². The Balaban J connectivity index is 1.67. The predicted molar refractivity (Wildman–Crippen MR) is 116 cm³/mol. The highest BCUT2D eigenvalue weighted by Gasteiger charge is 2.28. The van der Waals surface area contributed by atoms with Crippen molar-refractivity contribution < 1.29 is 18.6 Å². The van der Waals surface area contributed by atoms with Gasteiger partial charge in [0.1, 0.15) is 12.7 Å². The summed E-state index contributed by atoms with van der Waals surface area (Å²) in [6.07, 6.45) is 3.25. The van der Waals surface area contributed by atoms with Crippen molar-refractivity contribution in [3.8, 4) is 5.75 Å². The molecule has 30 heavy (non-hydrogen) atoms. The summed E-state index contributed by atoms with van der Waals surface area (Å²) < 4.78 is 24.8. The fourth-order valence-corrected chi connectivity index (χ4v) is 3.64. The van der Waals surface area contributed by atoms with Crippen LogP contribution in [0.4, 0.5) is 0 Å². The second-order valence-corrected chi connectivity index (χ2v) is 8.03. The zero-order valence-electron chi connectivity index (χ0n) is 16.5. The van der Waals surface area contributed by atoms with Crippen molar-refractivity contribution >= 4 is 15.9 Å². The molecule has 0 aliphatic carbocycles. The van der Waals surface area contributed by atoms with Gasteiger partial charge in [-0.1, -0.05) is 58.4 Å². The molecule has 0 saturated carbocycles. The summed E-state index contributed by atoms with van der Waals surface area (Å²) in [4.78, 5) is 12.7. The lowest BCUT2D eigenvalue weighted by Gasteiger charge is -2.28. The first-order chi connectivity index (χ1) is 14.7. The summed E-state index contributed by atoms with van der Waals surface area (Å²) >= 11 is 3.46. The molecule has 0 amide bonds. The van der Waals surface area contributed by atoms with Gasteiger partial charge in [-0.2, -0.15) is 0 Å². The highest BCUT2D eigenvalue weighted by atomic mass is 79.9. The van der Waals surface area contributed by atoms with E-state index in [1.165, 1.54) is 12.3 Å². The Hall–Kier alpha value is -2.41. The van der Waals surface area contributed by atoms with Crippen LogP contribution in [0, 0.1) is 0 Å². The number of hydrogen-bond acceptors (Lipinski definition) is 5. The fourth-order valence-electron chi connectivity index (χ4n) is 3.37. The van der Waals surface area contributed by atoms with Crippen molar-refractivity contribution in [1.29, 1.82) is 0 Å². The third-order valence-corrected chi connectivity index (χ3v) is 5.45. The van der Waals surface area contributed by atoms with Gasteiger partial charge in [0.15, 0.2) is 12.1 Å². The Kier molecular flexibility index (Phi) is 7.00. The smallest absolute Gasteiger partial charge is 0.227 e. The van der Waals surface area contributed by atoms with Gasteiger partial charge in [0.25, 0.3) is 0 Å². The van der Waals surface area contributed by atoms with E-state index in [9.17, 15) is 4.79 Å².